The average Bonchev–Trinajstić information content (AvgIpc) is 2.33. The molecule has 0 aliphatic carbocycles. The topological polar surface area (TPSA) is 42.1 Å². The van der Waals surface area contributed by atoms with Crippen molar-refractivity contribution >= 4 is 17.2 Å². The Morgan fingerprint density at radius 2 is 1.89 bits per heavy atom. The highest BCUT2D eigenvalue weighted by Gasteiger charge is 2.09. The van der Waals surface area contributed by atoms with Crippen molar-refractivity contribution < 1.29 is 0 Å². The zero-order chi connectivity index (χ0) is 12.8. The van der Waals surface area contributed by atoms with E-state index in [-0.39, 0.29) is 0 Å². The highest BCUT2D eigenvalue weighted by atomic mass is 32.1. The van der Waals surface area contributed by atoms with Crippen molar-refractivity contribution in [1.29, 1.82) is 0 Å². The lowest BCUT2D eigenvalue weighted by molar-refractivity contribution is 0.240. The predicted octanol–water partition coefficient (Wildman–Crippen LogP) is 2.48. The number of nitrogens with zero attached hydrogens (tertiary/aromatic N) is 2. The Morgan fingerprint density at radius 3 is 2.56 bits per heavy atom. The number of likely N-dealkylation sites (tertiary alicyclic amines) is 1. The molecule has 0 amide bonds. The Balaban J connectivity index is 1.98. The van der Waals surface area contributed by atoms with Gasteiger partial charge in [0.1, 0.15) is 4.99 Å². The van der Waals surface area contributed by atoms with E-state index >= 15 is 0 Å². The van der Waals surface area contributed by atoms with E-state index in [9.17, 15) is 0 Å². The SMILES string of the molecule is NC(=S)c1cc(CN2CCCCCCC2)ccn1. The van der Waals surface area contributed by atoms with Gasteiger partial charge in [0.05, 0.1) is 5.69 Å². The molecule has 2 N–H and O–H groups in total. The fourth-order valence-corrected chi connectivity index (χ4v) is 2.55. The molecule has 1 saturated heterocycles. The first-order valence-electron chi connectivity index (χ1n) is 6.73. The van der Waals surface area contributed by atoms with Crippen LogP contribution in [0.1, 0.15) is 43.4 Å². The largest absolute Gasteiger partial charge is 0.388 e. The van der Waals surface area contributed by atoms with Gasteiger partial charge in [0, 0.05) is 12.7 Å². The molecule has 0 bridgehead atoms. The molecular formula is C14H21N3S. The fraction of sp³-hybridized carbons (Fsp3) is 0.571. The van der Waals surface area contributed by atoms with Gasteiger partial charge < -0.3 is 5.73 Å². The fourth-order valence-electron chi connectivity index (χ4n) is 2.44. The standard InChI is InChI=1S/C14H21N3S/c15-14(18)13-10-12(6-7-16-13)11-17-8-4-2-1-3-5-9-17/h6-7,10H,1-5,8-9,11H2,(H2,15,18). The van der Waals surface area contributed by atoms with Gasteiger partial charge in [-0.1, -0.05) is 31.5 Å². The lowest BCUT2D eigenvalue weighted by Crippen LogP contribution is -2.27. The second-order valence-electron chi connectivity index (χ2n) is 4.96. The maximum absolute atomic E-state index is 5.62. The molecule has 0 atom stereocenters. The molecule has 3 nitrogen and oxygen atoms in total. The van der Waals surface area contributed by atoms with E-state index in [0.29, 0.717) is 4.99 Å². The number of rotatable bonds is 3. The summed E-state index contributed by atoms with van der Waals surface area (Å²) < 4.78 is 0. The third-order valence-corrected chi connectivity index (χ3v) is 3.64. The van der Waals surface area contributed by atoms with Crippen LogP contribution in [0.2, 0.25) is 0 Å². The molecule has 4 heteroatoms. The Kier molecular flexibility index (Phi) is 5.08. The lowest BCUT2D eigenvalue weighted by Gasteiger charge is -2.24. The highest BCUT2D eigenvalue weighted by Crippen LogP contribution is 2.13. The summed E-state index contributed by atoms with van der Waals surface area (Å²) in [5.41, 5.74) is 7.61. The van der Waals surface area contributed by atoms with Gasteiger partial charge in [-0.15, -0.1) is 0 Å². The molecule has 2 rings (SSSR count). The first kappa shape index (κ1) is 13.4. The van der Waals surface area contributed by atoms with Gasteiger partial charge in [-0.3, -0.25) is 9.88 Å². The van der Waals surface area contributed by atoms with Crippen LogP contribution in [-0.2, 0) is 6.54 Å². The smallest absolute Gasteiger partial charge is 0.122 e. The maximum Gasteiger partial charge on any atom is 0.122 e. The van der Waals surface area contributed by atoms with Crippen LogP contribution in [-0.4, -0.2) is 28.0 Å². The minimum absolute atomic E-state index is 0.379. The number of aromatic nitrogens is 1. The summed E-state index contributed by atoms with van der Waals surface area (Å²) in [4.78, 5) is 7.09. The van der Waals surface area contributed by atoms with E-state index in [2.05, 4.69) is 16.0 Å². The molecule has 1 aliphatic heterocycles. The Hall–Kier alpha value is -1.00. The predicted molar refractivity (Wildman–Crippen MR) is 78.5 cm³/mol. The minimum Gasteiger partial charge on any atom is -0.388 e. The summed E-state index contributed by atoms with van der Waals surface area (Å²) in [5, 5.41) is 0. The van der Waals surface area contributed by atoms with Crippen LogP contribution >= 0.6 is 12.2 Å². The average molecular weight is 263 g/mol. The van der Waals surface area contributed by atoms with E-state index in [4.69, 9.17) is 18.0 Å². The molecule has 1 fully saturated rings. The van der Waals surface area contributed by atoms with Crippen molar-refractivity contribution in [1.82, 2.24) is 9.88 Å². The number of hydrogen-bond acceptors (Lipinski definition) is 3. The molecule has 0 spiro atoms. The van der Waals surface area contributed by atoms with E-state index in [1.54, 1.807) is 6.20 Å². The molecule has 18 heavy (non-hydrogen) atoms. The summed E-state index contributed by atoms with van der Waals surface area (Å²) in [6, 6.07) is 4.07. The van der Waals surface area contributed by atoms with Crippen molar-refractivity contribution in [3.63, 3.8) is 0 Å². The van der Waals surface area contributed by atoms with Crippen LogP contribution in [0.25, 0.3) is 0 Å². The van der Waals surface area contributed by atoms with Crippen molar-refractivity contribution in [2.75, 3.05) is 13.1 Å². The summed E-state index contributed by atoms with van der Waals surface area (Å²) in [7, 11) is 0. The number of nitrogens with two attached hydrogens (primary N) is 1. The third kappa shape index (κ3) is 4.03. The zero-order valence-corrected chi connectivity index (χ0v) is 11.6. The summed E-state index contributed by atoms with van der Waals surface area (Å²) >= 11 is 4.97. The molecule has 0 unspecified atom stereocenters. The van der Waals surface area contributed by atoms with E-state index in [0.717, 1.165) is 12.2 Å². The van der Waals surface area contributed by atoms with Gasteiger partial charge in [-0.05, 0) is 43.6 Å². The third-order valence-electron chi connectivity index (χ3n) is 3.43. The molecule has 1 aromatic heterocycles. The summed E-state index contributed by atoms with van der Waals surface area (Å²) in [5.74, 6) is 0. The molecule has 1 aromatic rings. The highest BCUT2D eigenvalue weighted by molar-refractivity contribution is 7.80. The van der Waals surface area contributed by atoms with Crippen LogP contribution in [0.5, 0.6) is 0 Å². The summed E-state index contributed by atoms with van der Waals surface area (Å²) in [6.07, 6.45) is 8.55. The summed E-state index contributed by atoms with van der Waals surface area (Å²) in [6.45, 7) is 3.38. The van der Waals surface area contributed by atoms with Crippen molar-refractivity contribution in [3.05, 3.63) is 29.6 Å². The minimum atomic E-state index is 0.379. The molecule has 2 heterocycles. The maximum atomic E-state index is 5.62. The first-order valence-corrected chi connectivity index (χ1v) is 7.13. The van der Waals surface area contributed by atoms with Crippen molar-refractivity contribution in [2.24, 2.45) is 5.73 Å². The normalized spacial score (nSPS) is 18.0. The molecule has 0 radical (unpaired) electrons. The van der Waals surface area contributed by atoms with Crippen LogP contribution in [0.4, 0.5) is 0 Å². The molecule has 1 aliphatic rings. The number of thiocarbonyl (C=S) groups is 1. The molecular weight excluding hydrogens is 242 g/mol. The van der Waals surface area contributed by atoms with E-state index in [1.165, 1.54) is 50.8 Å². The second kappa shape index (κ2) is 6.81. The van der Waals surface area contributed by atoms with E-state index in [1.807, 2.05) is 6.07 Å². The molecule has 0 aromatic carbocycles. The van der Waals surface area contributed by atoms with Gasteiger partial charge in [-0.25, -0.2) is 0 Å². The van der Waals surface area contributed by atoms with E-state index < -0.39 is 0 Å². The lowest BCUT2D eigenvalue weighted by atomic mass is 10.1. The van der Waals surface area contributed by atoms with Crippen LogP contribution in [0.15, 0.2) is 18.3 Å². The van der Waals surface area contributed by atoms with Crippen molar-refractivity contribution in [3.8, 4) is 0 Å². The van der Waals surface area contributed by atoms with Crippen LogP contribution < -0.4 is 5.73 Å². The van der Waals surface area contributed by atoms with Gasteiger partial charge in [-0.2, -0.15) is 0 Å². The van der Waals surface area contributed by atoms with Crippen LogP contribution in [0, 0.1) is 0 Å². The van der Waals surface area contributed by atoms with Gasteiger partial charge in [0.2, 0.25) is 0 Å². The molecule has 98 valence electrons. The number of pyridine rings is 1. The quantitative estimate of drug-likeness (QED) is 0.851. The van der Waals surface area contributed by atoms with Crippen LogP contribution in [0.3, 0.4) is 0 Å². The second-order valence-corrected chi connectivity index (χ2v) is 5.40. The Morgan fingerprint density at radius 1 is 1.22 bits per heavy atom. The number of hydrogen-bond donors (Lipinski definition) is 1. The van der Waals surface area contributed by atoms with Gasteiger partial charge in [0.25, 0.3) is 0 Å². The zero-order valence-electron chi connectivity index (χ0n) is 10.8. The Bertz CT molecular complexity index is 398. The van der Waals surface area contributed by atoms with Gasteiger partial charge in [0.15, 0.2) is 0 Å². The molecule has 0 saturated carbocycles. The first-order chi connectivity index (χ1) is 8.75. The van der Waals surface area contributed by atoms with Gasteiger partial charge >= 0.3 is 0 Å². The monoisotopic (exact) mass is 263 g/mol. The Labute approximate surface area is 114 Å². The van der Waals surface area contributed by atoms with Crippen molar-refractivity contribution in [2.45, 2.75) is 38.6 Å².